The third-order valence-electron chi connectivity index (χ3n) is 3.66. The largest absolute Gasteiger partial charge is 0.377 e. The molecule has 0 spiro atoms. The van der Waals surface area contributed by atoms with E-state index in [9.17, 15) is 18.4 Å². The zero-order valence-electron chi connectivity index (χ0n) is 13.8. The van der Waals surface area contributed by atoms with Crippen LogP contribution in [0.3, 0.4) is 0 Å². The summed E-state index contributed by atoms with van der Waals surface area (Å²) >= 11 is 0. The molecule has 0 saturated heterocycles. The average molecular weight is 359 g/mol. The second kappa shape index (κ2) is 7.40. The molecule has 0 radical (unpaired) electrons. The first-order chi connectivity index (χ1) is 12.5. The Bertz CT molecular complexity index is 1030. The van der Waals surface area contributed by atoms with Gasteiger partial charge in [0.1, 0.15) is 18.2 Å². The number of aromatic nitrogens is 2. The maximum atomic E-state index is 13.4. The summed E-state index contributed by atoms with van der Waals surface area (Å²) in [5.41, 5.74) is 2.51. The van der Waals surface area contributed by atoms with Gasteiger partial charge in [-0.2, -0.15) is 4.68 Å². The molecular weight excluding hydrogens is 344 g/mol. The monoisotopic (exact) mass is 359 g/mol. The normalized spacial score (nSPS) is 10.9. The minimum Gasteiger partial charge on any atom is -0.377 e. The summed E-state index contributed by atoms with van der Waals surface area (Å²) < 4.78 is 32.6. The molecule has 1 aromatic heterocycles. The van der Waals surface area contributed by atoms with Gasteiger partial charge in [0.2, 0.25) is 5.91 Å². The number of rotatable bonds is 5. The fraction of sp³-hybridized carbons (Fsp3) is 0.167. The molecule has 1 amide bonds. The summed E-state index contributed by atoms with van der Waals surface area (Å²) in [6.45, 7) is -0.0675. The van der Waals surface area contributed by atoms with Gasteiger partial charge in [-0.05, 0) is 29.8 Å². The molecule has 8 heteroatoms. The zero-order valence-corrected chi connectivity index (χ0v) is 13.8. The standard InChI is InChI=1S/C18H15F2N3O3/c1-26-10-16-21-15-9-13(20)5-6-14(15)18(25)23(16)22-17(24)8-11-3-2-4-12(19)7-11/h2-7,9H,8,10H2,1H3,(H,22,24). The summed E-state index contributed by atoms with van der Waals surface area (Å²) in [6.07, 6.45) is -0.127. The van der Waals surface area contributed by atoms with Gasteiger partial charge < -0.3 is 4.74 Å². The fourth-order valence-corrected chi connectivity index (χ4v) is 2.54. The van der Waals surface area contributed by atoms with Gasteiger partial charge in [0.25, 0.3) is 5.56 Å². The number of carbonyl (C=O) groups excluding carboxylic acids is 1. The molecule has 0 aliphatic rings. The number of halogens is 2. The number of fused-ring (bicyclic) bond motifs is 1. The zero-order chi connectivity index (χ0) is 18.7. The Morgan fingerprint density at radius 3 is 2.69 bits per heavy atom. The lowest BCUT2D eigenvalue weighted by Crippen LogP contribution is -2.37. The van der Waals surface area contributed by atoms with Crippen molar-refractivity contribution in [2.75, 3.05) is 12.5 Å². The van der Waals surface area contributed by atoms with Crippen LogP contribution in [-0.4, -0.2) is 22.7 Å². The number of hydrogen-bond donors (Lipinski definition) is 1. The maximum absolute atomic E-state index is 13.4. The molecule has 134 valence electrons. The van der Waals surface area contributed by atoms with E-state index in [1.807, 2.05) is 0 Å². The maximum Gasteiger partial charge on any atom is 0.280 e. The van der Waals surface area contributed by atoms with Crippen molar-refractivity contribution >= 4 is 16.8 Å². The number of ether oxygens (including phenoxy) is 1. The van der Waals surface area contributed by atoms with E-state index in [2.05, 4.69) is 10.4 Å². The van der Waals surface area contributed by atoms with E-state index < -0.39 is 23.1 Å². The van der Waals surface area contributed by atoms with E-state index in [-0.39, 0.29) is 29.8 Å². The van der Waals surface area contributed by atoms with Crippen molar-refractivity contribution < 1.29 is 18.3 Å². The smallest absolute Gasteiger partial charge is 0.280 e. The molecule has 2 aromatic carbocycles. The van der Waals surface area contributed by atoms with Gasteiger partial charge in [0.05, 0.1) is 17.3 Å². The summed E-state index contributed by atoms with van der Waals surface area (Å²) in [5, 5.41) is 0.150. The highest BCUT2D eigenvalue weighted by atomic mass is 19.1. The highest BCUT2D eigenvalue weighted by molar-refractivity contribution is 5.86. The number of nitrogens with one attached hydrogen (secondary N) is 1. The second-order valence-corrected chi connectivity index (χ2v) is 5.60. The van der Waals surface area contributed by atoms with E-state index in [4.69, 9.17) is 4.74 Å². The van der Waals surface area contributed by atoms with Gasteiger partial charge in [0.15, 0.2) is 5.82 Å². The van der Waals surface area contributed by atoms with E-state index in [0.29, 0.717) is 5.56 Å². The first-order valence-corrected chi connectivity index (χ1v) is 7.72. The van der Waals surface area contributed by atoms with Crippen LogP contribution >= 0.6 is 0 Å². The van der Waals surface area contributed by atoms with E-state index >= 15 is 0 Å². The van der Waals surface area contributed by atoms with Crippen LogP contribution in [0.1, 0.15) is 11.4 Å². The van der Waals surface area contributed by atoms with Gasteiger partial charge in [-0.15, -0.1) is 0 Å². The molecule has 0 fully saturated rings. The minimum absolute atomic E-state index is 0.0675. The second-order valence-electron chi connectivity index (χ2n) is 5.60. The molecule has 26 heavy (non-hydrogen) atoms. The van der Waals surface area contributed by atoms with Gasteiger partial charge in [-0.3, -0.25) is 15.0 Å². The van der Waals surface area contributed by atoms with Gasteiger partial charge in [0, 0.05) is 13.2 Å². The summed E-state index contributed by atoms with van der Waals surface area (Å²) in [5.74, 6) is -1.40. The molecule has 0 aliphatic carbocycles. The predicted octanol–water partition coefficient (Wildman–Crippen LogP) is 2.13. The van der Waals surface area contributed by atoms with E-state index in [1.165, 1.54) is 31.4 Å². The molecular formula is C18H15F2N3O3. The lowest BCUT2D eigenvalue weighted by atomic mass is 10.1. The topological polar surface area (TPSA) is 73.2 Å². The van der Waals surface area contributed by atoms with Crippen LogP contribution in [0.4, 0.5) is 8.78 Å². The third kappa shape index (κ3) is 3.75. The molecule has 0 saturated carbocycles. The predicted molar refractivity (Wildman–Crippen MR) is 91.1 cm³/mol. The van der Waals surface area contributed by atoms with Crippen LogP contribution in [0.25, 0.3) is 10.9 Å². The van der Waals surface area contributed by atoms with E-state index in [1.54, 1.807) is 6.07 Å². The molecule has 3 aromatic rings. The van der Waals surface area contributed by atoms with Crippen LogP contribution in [0.2, 0.25) is 0 Å². The van der Waals surface area contributed by atoms with Crippen LogP contribution in [0.15, 0.2) is 47.3 Å². The Kier molecular flexibility index (Phi) is 5.04. The number of nitrogens with zero attached hydrogens (tertiary/aromatic N) is 2. The number of hydrogen-bond acceptors (Lipinski definition) is 4. The Morgan fingerprint density at radius 1 is 1.19 bits per heavy atom. The lowest BCUT2D eigenvalue weighted by molar-refractivity contribution is -0.116. The number of methoxy groups -OCH3 is 1. The van der Waals surface area contributed by atoms with Crippen molar-refractivity contribution in [3.63, 3.8) is 0 Å². The number of carbonyl (C=O) groups is 1. The van der Waals surface area contributed by atoms with Crippen molar-refractivity contribution in [3.05, 3.63) is 75.8 Å². The highest BCUT2D eigenvalue weighted by Crippen LogP contribution is 2.11. The van der Waals surface area contributed by atoms with Crippen molar-refractivity contribution in [2.24, 2.45) is 0 Å². The molecule has 6 nitrogen and oxygen atoms in total. The van der Waals surface area contributed by atoms with Crippen molar-refractivity contribution in [2.45, 2.75) is 13.0 Å². The number of amides is 1. The van der Waals surface area contributed by atoms with E-state index in [0.717, 1.165) is 16.8 Å². The fourth-order valence-electron chi connectivity index (χ4n) is 2.54. The van der Waals surface area contributed by atoms with Gasteiger partial charge in [-0.1, -0.05) is 12.1 Å². The van der Waals surface area contributed by atoms with Gasteiger partial charge >= 0.3 is 0 Å². The molecule has 3 rings (SSSR count). The summed E-state index contributed by atoms with van der Waals surface area (Å²) in [4.78, 5) is 29.1. The van der Waals surface area contributed by atoms with Gasteiger partial charge in [-0.25, -0.2) is 13.8 Å². The third-order valence-corrected chi connectivity index (χ3v) is 3.66. The SMILES string of the molecule is COCc1nc2cc(F)ccc2c(=O)n1NC(=O)Cc1cccc(F)c1. The molecule has 0 atom stereocenters. The van der Waals surface area contributed by atoms with Crippen molar-refractivity contribution in [3.8, 4) is 0 Å². The van der Waals surface area contributed by atoms with Crippen LogP contribution in [-0.2, 0) is 22.6 Å². The van der Waals surface area contributed by atoms with Crippen molar-refractivity contribution in [1.29, 1.82) is 0 Å². The summed E-state index contributed by atoms with van der Waals surface area (Å²) in [6, 6.07) is 9.17. The quantitative estimate of drug-likeness (QED) is 0.758. The Balaban J connectivity index is 1.96. The Morgan fingerprint density at radius 2 is 1.96 bits per heavy atom. The number of benzene rings is 2. The first kappa shape index (κ1) is 17.7. The molecule has 1 N–H and O–H groups in total. The average Bonchev–Trinajstić information content (AvgIpc) is 2.58. The molecule has 0 bridgehead atoms. The summed E-state index contributed by atoms with van der Waals surface area (Å²) in [7, 11) is 1.40. The molecule has 0 unspecified atom stereocenters. The molecule has 1 heterocycles. The van der Waals surface area contributed by atoms with Crippen LogP contribution in [0, 0.1) is 11.6 Å². The van der Waals surface area contributed by atoms with Crippen LogP contribution < -0.4 is 11.0 Å². The highest BCUT2D eigenvalue weighted by Gasteiger charge is 2.14. The minimum atomic E-state index is -0.561. The molecule has 0 aliphatic heterocycles. The Hall–Kier alpha value is -3.13. The van der Waals surface area contributed by atoms with Crippen molar-refractivity contribution in [1.82, 2.24) is 9.66 Å². The lowest BCUT2D eigenvalue weighted by Gasteiger charge is -2.14. The van der Waals surface area contributed by atoms with Crippen LogP contribution in [0.5, 0.6) is 0 Å². The Labute approximate surface area is 147 Å². The first-order valence-electron chi connectivity index (χ1n) is 7.72.